The number of alkyl halides is 3. The summed E-state index contributed by atoms with van der Waals surface area (Å²) >= 11 is 0. The van der Waals surface area contributed by atoms with E-state index in [1.165, 1.54) is 12.1 Å². The number of anilines is 1. The van der Waals surface area contributed by atoms with Crippen LogP contribution in [0.2, 0.25) is 0 Å². The zero-order valence-corrected chi connectivity index (χ0v) is 18.9. The molecule has 10 heteroatoms. The van der Waals surface area contributed by atoms with Crippen LogP contribution < -0.4 is 16.4 Å². The van der Waals surface area contributed by atoms with Crippen LogP contribution in [0.25, 0.3) is 0 Å². The molecule has 0 bridgehead atoms. The Morgan fingerprint density at radius 2 is 1.94 bits per heavy atom. The van der Waals surface area contributed by atoms with Crippen molar-refractivity contribution in [3.8, 4) is 6.07 Å². The van der Waals surface area contributed by atoms with Gasteiger partial charge >= 0.3 is 6.18 Å². The van der Waals surface area contributed by atoms with E-state index in [1.54, 1.807) is 16.9 Å². The van der Waals surface area contributed by atoms with Gasteiger partial charge in [0.25, 0.3) is 5.91 Å². The summed E-state index contributed by atoms with van der Waals surface area (Å²) in [5.74, 6) is 0.457. The second-order valence-corrected chi connectivity index (χ2v) is 9.39. The molecule has 4 rings (SSSR count). The summed E-state index contributed by atoms with van der Waals surface area (Å²) < 4.78 is 41.5. The number of carbonyl (C=O) groups is 1. The maximum atomic E-state index is 13.3. The van der Waals surface area contributed by atoms with Crippen LogP contribution in [0, 0.1) is 17.2 Å². The Hall–Kier alpha value is -3.06. The third-order valence-electron chi connectivity index (χ3n) is 6.95. The number of primary amides is 1. The van der Waals surface area contributed by atoms with E-state index < -0.39 is 23.2 Å². The van der Waals surface area contributed by atoms with Crippen LogP contribution in [-0.4, -0.2) is 28.3 Å². The van der Waals surface area contributed by atoms with Crippen LogP contribution in [-0.2, 0) is 18.3 Å². The normalized spacial score (nSPS) is 22.8. The molecule has 182 valence electrons. The molecule has 2 aliphatic rings. The molecular weight excluding hydrogens is 445 g/mol. The van der Waals surface area contributed by atoms with E-state index in [0.29, 0.717) is 43.0 Å². The first-order chi connectivity index (χ1) is 16.2. The molecule has 2 fully saturated rings. The van der Waals surface area contributed by atoms with Gasteiger partial charge in [-0.2, -0.15) is 23.5 Å². The van der Waals surface area contributed by atoms with Gasteiger partial charge in [0.05, 0.1) is 23.6 Å². The van der Waals surface area contributed by atoms with Crippen molar-refractivity contribution in [2.45, 2.75) is 69.2 Å². The highest BCUT2D eigenvalue weighted by Crippen LogP contribution is 2.39. The van der Waals surface area contributed by atoms with Crippen molar-refractivity contribution < 1.29 is 18.0 Å². The molecule has 7 nitrogen and oxygen atoms in total. The van der Waals surface area contributed by atoms with E-state index >= 15 is 0 Å². The Morgan fingerprint density at radius 3 is 2.56 bits per heavy atom. The number of nitrogens with two attached hydrogens (primary N) is 1. The molecule has 1 heterocycles. The lowest BCUT2D eigenvalue weighted by Gasteiger charge is -2.39. The van der Waals surface area contributed by atoms with Gasteiger partial charge in [0.15, 0.2) is 5.82 Å². The van der Waals surface area contributed by atoms with Crippen LogP contribution in [0.1, 0.15) is 66.4 Å². The van der Waals surface area contributed by atoms with Crippen LogP contribution >= 0.6 is 0 Å². The molecule has 4 N–H and O–H groups in total. The van der Waals surface area contributed by atoms with Crippen molar-refractivity contribution in [1.29, 1.82) is 5.26 Å². The Kier molecular flexibility index (Phi) is 6.84. The lowest BCUT2D eigenvalue weighted by atomic mass is 9.77. The number of nitrogens with zero attached hydrogens (tertiary/aromatic N) is 3. The molecule has 2 aliphatic carbocycles. The van der Waals surface area contributed by atoms with Crippen molar-refractivity contribution >= 4 is 11.7 Å². The van der Waals surface area contributed by atoms with Crippen molar-refractivity contribution in [2.75, 3.05) is 11.9 Å². The largest absolute Gasteiger partial charge is 0.416 e. The summed E-state index contributed by atoms with van der Waals surface area (Å²) in [7, 11) is 0. The van der Waals surface area contributed by atoms with Gasteiger partial charge < -0.3 is 16.4 Å². The number of nitrogens with one attached hydrogen (secondary N) is 2. The zero-order valence-electron chi connectivity index (χ0n) is 18.9. The first-order valence-corrected chi connectivity index (χ1v) is 11.6. The van der Waals surface area contributed by atoms with E-state index in [0.717, 1.165) is 25.5 Å². The molecule has 34 heavy (non-hydrogen) atoms. The molecule has 0 atom stereocenters. The summed E-state index contributed by atoms with van der Waals surface area (Å²) in [5.41, 5.74) is 4.88. The quantitative estimate of drug-likeness (QED) is 0.506. The van der Waals surface area contributed by atoms with Crippen LogP contribution in [0.15, 0.2) is 30.5 Å². The summed E-state index contributed by atoms with van der Waals surface area (Å²) in [4.78, 5) is 12.0. The third-order valence-corrected chi connectivity index (χ3v) is 6.95. The van der Waals surface area contributed by atoms with Gasteiger partial charge in [-0.1, -0.05) is 18.2 Å². The molecule has 1 aromatic carbocycles. The average molecular weight is 475 g/mol. The second kappa shape index (κ2) is 9.66. The van der Waals surface area contributed by atoms with E-state index in [1.807, 2.05) is 0 Å². The average Bonchev–Trinajstić information content (AvgIpc) is 3.53. The molecule has 0 unspecified atom stereocenters. The minimum absolute atomic E-state index is 0.0201. The van der Waals surface area contributed by atoms with Gasteiger partial charge in [-0.05, 0) is 56.1 Å². The highest BCUT2D eigenvalue weighted by Gasteiger charge is 2.39. The minimum Gasteiger partial charge on any atom is -0.368 e. The summed E-state index contributed by atoms with van der Waals surface area (Å²) in [6.07, 6.45) is 2.33. The lowest BCUT2D eigenvalue weighted by Crippen LogP contribution is -2.43. The fourth-order valence-electron chi connectivity index (χ4n) is 4.69. The molecule has 0 aliphatic heterocycles. The third kappa shape index (κ3) is 5.36. The lowest BCUT2D eigenvalue weighted by molar-refractivity contribution is -0.138. The molecule has 1 amide bonds. The maximum absolute atomic E-state index is 13.3. The molecule has 2 aromatic rings. The van der Waals surface area contributed by atoms with Gasteiger partial charge in [-0.15, -0.1) is 0 Å². The maximum Gasteiger partial charge on any atom is 0.416 e. The topological polar surface area (TPSA) is 109 Å². The van der Waals surface area contributed by atoms with Gasteiger partial charge in [0, 0.05) is 25.3 Å². The second-order valence-electron chi connectivity index (χ2n) is 9.39. The number of carbonyl (C=O) groups excluding carboxylic acids is 1. The monoisotopic (exact) mass is 474 g/mol. The van der Waals surface area contributed by atoms with Crippen LogP contribution in [0.4, 0.5) is 19.0 Å². The van der Waals surface area contributed by atoms with Gasteiger partial charge in [0.1, 0.15) is 5.56 Å². The highest BCUT2D eigenvalue weighted by atomic mass is 19.4. The first kappa shape index (κ1) is 24.1. The Balaban J connectivity index is 1.44. The van der Waals surface area contributed by atoms with E-state index in [4.69, 9.17) is 5.73 Å². The van der Waals surface area contributed by atoms with E-state index in [9.17, 15) is 23.2 Å². The van der Waals surface area contributed by atoms with Gasteiger partial charge in [-0.25, -0.2) is 0 Å². The van der Waals surface area contributed by atoms with Gasteiger partial charge in [-0.3, -0.25) is 9.48 Å². The van der Waals surface area contributed by atoms with Crippen molar-refractivity contribution in [3.63, 3.8) is 0 Å². The molecule has 0 radical (unpaired) electrons. The van der Waals surface area contributed by atoms with Crippen LogP contribution in [0.3, 0.4) is 0 Å². The molecular formula is C24H29F3N6O. The summed E-state index contributed by atoms with van der Waals surface area (Å²) in [5, 5.41) is 20.6. The highest BCUT2D eigenvalue weighted by molar-refractivity contribution is 5.97. The fraction of sp³-hybridized carbons (Fsp3) is 0.542. The van der Waals surface area contributed by atoms with Crippen molar-refractivity contribution in [1.82, 2.24) is 15.1 Å². The SMILES string of the molecule is N#CC[C@]1(n2cc(C(N)=O)c(NCC3CC3)n2)CC[C@H](NCc2ccccc2C(F)(F)F)CC1. The number of amides is 1. The molecule has 1 aromatic heterocycles. The number of rotatable bonds is 9. The zero-order chi connectivity index (χ0) is 24.3. The van der Waals surface area contributed by atoms with Crippen LogP contribution in [0.5, 0.6) is 0 Å². The molecule has 2 saturated carbocycles. The number of hydrogen-bond donors (Lipinski definition) is 3. The number of halogens is 3. The predicted molar refractivity (Wildman–Crippen MR) is 121 cm³/mol. The Labute approximate surface area is 196 Å². The summed E-state index contributed by atoms with van der Waals surface area (Å²) in [6, 6.07) is 7.85. The standard InChI is InChI=1S/C24H29F3N6O/c25-24(26,27)20-4-2-1-3-17(20)14-30-18-7-9-23(10-8-18,11-12-28)33-15-19(21(29)34)22(32-33)31-13-16-5-6-16/h1-4,15-16,18,30H,5-11,13-14H2,(H2,29,34)(H,31,32)/t18-,23-. The van der Waals surface area contributed by atoms with Gasteiger partial charge in [0.2, 0.25) is 0 Å². The Morgan fingerprint density at radius 1 is 1.24 bits per heavy atom. The Bertz CT molecular complexity index is 1060. The van der Waals surface area contributed by atoms with E-state index in [-0.39, 0.29) is 24.6 Å². The first-order valence-electron chi connectivity index (χ1n) is 11.6. The molecule has 0 saturated heterocycles. The minimum atomic E-state index is -4.39. The van der Waals surface area contributed by atoms with E-state index in [2.05, 4.69) is 21.8 Å². The summed E-state index contributed by atoms with van der Waals surface area (Å²) in [6.45, 7) is 0.850. The van der Waals surface area contributed by atoms with Crippen molar-refractivity contribution in [2.24, 2.45) is 11.7 Å². The fourth-order valence-corrected chi connectivity index (χ4v) is 4.69. The molecule has 0 spiro atoms. The number of nitriles is 1. The predicted octanol–water partition coefficient (Wildman–Crippen LogP) is 4.16. The smallest absolute Gasteiger partial charge is 0.368 e. The number of benzene rings is 1. The number of hydrogen-bond acceptors (Lipinski definition) is 5. The van der Waals surface area contributed by atoms with Crippen molar-refractivity contribution in [3.05, 3.63) is 47.2 Å². The number of aromatic nitrogens is 2.